The molecule has 16 heterocycles. The van der Waals surface area contributed by atoms with Crippen molar-refractivity contribution in [2.45, 2.75) is 333 Å². The van der Waals surface area contributed by atoms with Crippen LogP contribution in [0.15, 0.2) is 0 Å². The Morgan fingerprint density at radius 3 is 0.692 bits per heavy atom. The number of ether oxygens (including phenoxy) is 16. The summed E-state index contributed by atoms with van der Waals surface area (Å²) in [6, 6.07) is 0. The predicted octanol–water partition coefficient (Wildman–Crippen LogP) is 9.89. The van der Waals surface area contributed by atoms with Crippen molar-refractivity contribution in [3.8, 4) is 0 Å². The molecule has 0 amide bonds. The van der Waals surface area contributed by atoms with Crippen molar-refractivity contribution in [3.63, 3.8) is 0 Å². The van der Waals surface area contributed by atoms with Crippen molar-refractivity contribution < 1.29 is 153 Å². The van der Waals surface area contributed by atoms with Gasteiger partial charge in [0.2, 0.25) is 48.3 Å². The van der Waals surface area contributed by atoms with Gasteiger partial charge < -0.3 is 75.8 Å². The Morgan fingerprint density at radius 2 is 0.475 bits per heavy atom. The summed E-state index contributed by atoms with van der Waals surface area (Å²) in [6.07, 6.45) is 3.02. The highest BCUT2D eigenvalue weighted by atomic mass is 17.3. The van der Waals surface area contributed by atoms with E-state index in [0.29, 0.717) is 49.4 Å². The van der Waals surface area contributed by atoms with Crippen LogP contribution in [0, 0.1) is 94.7 Å². The van der Waals surface area contributed by atoms with Crippen LogP contribution in [0.4, 0.5) is 0 Å². The lowest BCUT2D eigenvalue weighted by atomic mass is 9.58. The first-order valence-corrected chi connectivity index (χ1v) is 44.9. The monoisotopic (exact) mass is 1700 g/mol. The standard InChI is InChI=1S/C86H128N2O32/c1-47-13-17-59-51(5)71(105-75-83(59)55(47)29-33-79(9,109-75)113-117-83)101-67(93)25-21-63(89)97-43-39-87(40-44-98-64(90)22-26-68(94)102-72-52(6)60-18-14-48(2)56-30-34-80(10)110-76(106-72)84(56,60)118-114-80)37-38-88(41-45-99-65(91)23-27-69(95)103-73-53(7)61-19-15-49(3)57-31-35-81(11)111-77(107-73)85(57,61)119-115-81)42-46-100-66(92)24-28-70(96)104-74-54(8)62-20-16-50(4)58-32-36-82(12)112-78(108-74)86(58,62)120-116-82/h47-62,71-78H,13-46H2,1-12H3/t47-,48-,49-,50-,51-,52-,53-,54-,55+,56+,57+,58+,59+,60+,61+,62+,71-,72-,73-,74-,75-,76-,77-,78-,79-,80-,81-,82-,83-,84-,85-,86-/m1/s1. The van der Waals surface area contributed by atoms with Crippen molar-refractivity contribution in [2.24, 2.45) is 94.7 Å². The molecule has 0 radical (unpaired) electrons. The molecule has 8 bridgehead atoms. The van der Waals surface area contributed by atoms with Gasteiger partial charge in [-0.15, -0.1) is 0 Å². The molecule has 674 valence electrons. The number of hydrogen-bond acceptors (Lipinski definition) is 34. The van der Waals surface area contributed by atoms with E-state index in [9.17, 15) is 38.4 Å². The second-order valence-electron chi connectivity index (χ2n) is 38.6. The Labute approximate surface area is 701 Å². The Bertz CT molecular complexity index is 3270. The quantitative estimate of drug-likeness (QED) is 0.0354. The average molecular weight is 1700 g/mol. The second-order valence-corrected chi connectivity index (χ2v) is 38.6. The van der Waals surface area contributed by atoms with Gasteiger partial charge >= 0.3 is 47.8 Å². The van der Waals surface area contributed by atoms with Crippen LogP contribution in [0.25, 0.3) is 0 Å². The van der Waals surface area contributed by atoms with Crippen LogP contribution in [0.5, 0.6) is 0 Å². The van der Waals surface area contributed by atoms with Crippen LogP contribution in [0.2, 0.25) is 0 Å². The zero-order valence-corrected chi connectivity index (χ0v) is 71.9. The molecule has 4 aliphatic carbocycles. The van der Waals surface area contributed by atoms with Crippen molar-refractivity contribution in [2.75, 3.05) is 65.7 Å². The zero-order chi connectivity index (χ0) is 84.6. The van der Waals surface area contributed by atoms with E-state index in [2.05, 4.69) is 27.7 Å². The van der Waals surface area contributed by atoms with E-state index in [1.54, 1.807) is 0 Å². The van der Waals surface area contributed by atoms with Gasteiger partial charge in [-0.2, -0.15) is 0 Å². The number of carbonyl (C=O) groups excluding carboxylic acids is 8. The molecule has 20 rings (SSSR count). The Hall–Kier alpha value is -4.96. The fourth-order valence-electron chi connectivity index (χ4n) is 24.0. The molecule has 0 N–H and O–H groups in total. The fraction of sp³-hybridized carbons (Fsp3) is 0.907. The SMILES string of the molecule is C[C@H]1[C@H](OC(=O)CCC(=O)OCCN(CCOC(=O)CCC(=O)O[C@@H]2O[C@@H]3O[C@@]4(C)CC[C@H]5[C@H](C)CC[C@@H]([C@H]2C)[C@@]35OO4)CCN(CCOC(=O)CCC(=O)O[C@@H]2O[C@@H]3O[C@@]4(C)CC[C@H]5[C@H](C)CC[C@@H]([C@H]2C)[C@@]35OO4)CCOC(=O)CCC(=O)O[C@@H]2O[C@@H]3O[C@@]4(C)CC[C@H]5[C@H](C)CC[C@@H]([C@H]2C)[C@@]35OO4)O[C@@H]2O[C@@]3(C)CC[C@H]4[C@H](C)CC[C@@H]1[C@@]24OO3. The zero-order valence-electron chi connectivity index (χ0n) is 71.9. The molecule has 34 nitrogen and oxygen atoms in total. The summed E-state index contributed by atoms with van der Waals surface area (Å²) in [5, 5.41) is 0. The number of hydrogen-bond donors (Lipinski definition) is 0. The first-order valence-electron chi connectivity index (χ1n) is 44.9. The van der Waals surface area contributed by atoms with Crippen molar-refractivity contribution in [3.05, 3.63) is 0 Å². The molecule has 0 aromatic heterocycles. The van der Waals surface area contributed by atoms with Crippen LogP contribution >= 0.6 is 0 Å². The summed E-state index contributed by atoms with van der Waals surface area (Å²) < 4.78 is 98.5. The van der Waals surface area contributed by atoms with E-state index >= 15 is 0 Å². The molecule has 0 aromatic rings. The molecule has 34 heteroatoms. The maximum Gasteiger partial charge on any atom is 0.308 e. The molecule has 4 saturated carbocycles. The maximum absolute atomic E-state index is 13.6. The summed E-state index contributed by atoms with van der Waals surface area (Å²) in [4.78, 5) is 161. The van der Waals surface area contributed by atoms with E-state index in [-0.39, 0.29) is 188 Å². The third kappa shape index (κ3) is 17.1. The first-order chi connectivity index (χ1) is 57.3. The number of esters is 8. The topological polar surface area (TPSA) is 365 Å². The van der Waals surface area contributed by atoms with Gasteiger partial charge in [0.25, 0.3) is 0 Å². The summed E-state index contributed by atoms with van der Waals surface area (Å²) >= 11 is 0. The van der Waals surface area contributed by atoms with E-state index in [1.807, 2.05) is 65.2 Å². The van der Waals surface area contributed by atoms with Gasteiger partial charge in [0.05, 0.1) is 51.4 Å². The third-order valence-corrected chi connectivity index (χ3v) is 30.9. The minimum atomic E-state index is -1.03. The first kappa shape index (κ1) is 88.5. The van der Waals surface area contributed by atoms with Gasteiger partial charge in [-0.05, 0) is 152 Å². The lowest BCUT2D eigenvalue weighted by molar-refractivity contribution is -0.576. The van der Waals surface area contributed by atoms with Gasteiger partial charge in [0.1, 0.15) is 26.4 Å². The van der Waals surface area contributed by atoms with Gasteiger partial charge in [-0.1, -0.05) is 55.4 Å². The van der Waals surface area contributed by atoms with E-state index in [4.69, 9.17) is 115 Å². The van der Waals surface area contributed by atoms with Gasteiger partial charge in [0, 0.05) is 112 Å². The number of rotatable bonds is 31. The number of nitrogens with zero attached hydrogens (tertiary/aromatic N) is 2. The number of carbonyl (C=O) groups is 8. The molecule has 32 atom stereocenters. The fourth-order valence-corrected chi connectivity index (χ4v) is 24.0. The minimum Gasteiger partial charge on any atom is -0.464 e. The Morgan fingerprint density at radius 1 is 0.267 bits per heavy atom. The number of fused-ring (bicyclic) bond motifs is 8. The molecule has 0 aromatic carbocycles. The van der Waals surface area contributed by atoms with Gasteiger partial charge in [0.15, 0.2) is 47.6 Å². The van der Waals surface area contributed by atoms with Gasteiger partial charge in [-0.25, -0.2) is 39.1 Å². The highest BCUT2D eigenvalue weighted by Gasteiger charge is 2.75. The predicted molar refractivity (Wildman–Crippen MR) is 405 cm³/mol. The lowest BCUT2D eigenvalue weighted by Crippen LogP contribution is -2.70. The summed E-state index contributed by atoms with van der Waals surface area (Å²) in [6.45, 7) is 24.1. The summed E-state index contributed by atoms with van der Waals surface area (Å²) in [7, 11) is 0. The van der Waals surface area contributed by atoms with E-state index in [0.717, 1.165) is 77.0 Å². The summed E-state index contributed by atoms with van der Waals surface area (Å²) in [5.74, 6) is -9.28. The molecule has 20 aliphatic rings. The molecule has 4 spiro atoms. The minimum absolute atomic E-state index is 0.0945. The molecule has 16 aliphatic heterocycles. The molecule has 16 saturated heterocycles. The molecule has 0 unspecified atom stereocenters. The average Bonchev–Trinajstić information content (AvgIpc) is 1.41. The van der Waals surface area contributed by atoms with Crippen LogP contribution in [-0.4, -0.2) is 219 Å². The largest absolute Gasteiger partial charge is 0.464 e. The molecular formula is C86H128N2O32. The van der Waals surface area contributed by atoms with Crippen molar-refractivity contribution >= 4 is 47.8 Å². The summed E-state index contributed by atoms with van der Waals surface area (Å²) in [5.41, 5.74) is -3.46. The van der Waals surface area contributed by atoms with Crippen LogP contribution in [-0.2, 0) is 153 Å². The van der Waals surface area contributed by atoms with Crippen LogP contribution in [0.1, 0.15) is 237 Å². The highest BCUT2D eigenvalue weighted by Crippen LogP contribution is 2.66. The normalized spacial score (nSPS) is 45.2. The Kier molecular flexibility index (Phi) is 26.1. The van der Waals surface area contributed by atoms with Crippen molar-refractivity contribution in [1.82, 2.24) is 9.80 Å². The van der Waals surface area contributed by atoms with E-state index in [1.165, 1.54) is 0 Å². The smallest absolute Gasteiger partial charge is 0.308 e. The van der Waals surface area contributed by atoms with Crippen LogP contribution in [0.3, 0.4) is 0 Å². The lowest BCUT2D eigenvalue weighted by Gasteiger charge is -2.59. The van der Waals surface area contributed by atoms with Crippen molar-refractivity contribution in [1.29, 1.82) is 0 Å². The molecule has 20 fully saturated rings. The Balaban J connectivity index is 0.543. The molecule has 120 heavy (non-hydrogen) atoms. The van der Waals surface area contributed by atoms with E-state index < -0.39 is 144 Å². The van der Waals surface area contributed by atoms with Gasteiger partial charge in [-0.3, -0.25) is 48.2 Å². The van der Waals surface area contributed by atoms with Crippen LogP contribution < -0.4 is 0 Å². The third-order valence-electron chi connectivity index (χ3n) is 30.9. The highest BCUT2D eigenvalue weighted by molar-refractivity contribution is 5.79. The molecular weight excluding hydrogens is 1570 g/mol. The maximum atomic E-state index is 13.6. The second kappa shape index (κ2) is 35.3.